The van der Waals surface area contributed by atoms with Crippen LogP contribution in [-0.4, -0.2) is 131 Å². The number of amides is 3. The summed E-state index contributed by atoms with van der Waals surface area (Å²) in [7, 11) is 0. The summed E-state index contributed by atoms with van der Waals surface area (Å²) in [5, 5.41) is 22.7. The predicted octanol–water partition coefficient (Wildman–Crippen LogP) is 6.84. The number of pyridine rings is 1. The van der Waals surface area contributed by atoms with E-state index in [1.54, 1.807) is 12.1 Å². The molecular weight excluding hydrogens is 862 g/mol. The van der Waals surface area contributed by atoms with Crippen molar-refractivity contribution in [3.05, 3.63) is 28.6 Å². The van der Waals surface area contributed by atoms with Gasteiger partial charge in [0.2, 0.25) is 11.8 Å². The van der Waals surface area contributed by atoms with Gasteiger partial charge in [0.25, 0.3) is 0 Å². The minimum absolute atomic E-state index is 0.0378. The molecule has 1 aromatic carbocycles. The van der Waals surface area contributed by atoms with Crippen LogP contribution >= 0.6 is 22.9 Å². The number of hydrogen-bond donors (Lipinski definition) is 4. The Morgan fingerprint density at radius 1 is 1.03 bits per heavy atom. The molecule has 4 fully saturated rings. The van der Waals surface area contributed by atoms with E-state index in [9.17, 15) is 24.3 Å². The second kappa shape index (κ2) is 19.6. The number of likely N-dealkylation sites (tertiary alicyclic amines) is 1. The van der Waals surface area contributed by atoms with Crippen molar-refractivity contribution >= 4 is 62.8 Å². The maximum Gasteiger partial charge on any atom is 0.408 e. The first-order chi connectivity index (χ1) is 30.4. The summed E-state index contributed by atoms with van der Waals surface area (Å²) in [6, 6.07) is 3.35. The standard InChI is InChI=1S/C46H64ClN7O9S/c1-9-28-22-46(28,42(57)58)52-40(55)34-20-30(23-54(34)41(56)39(45(6,7)8)51-44(59)63-29-18-26(4)27(5)19-29)62-36-21-32(33-24-64-43(50-33)48-25(2)3)49-38-31(36)10-11-35(37(38)47)61-17-14-53-12-15-60-16-13-53/h10-11,21,24-30,34,39H,9,12-20,22-23H2,1-8H3,(H,48,50)(H,51,59)(H,52,55)(H,57,58)/t26-,27+,28?,29?,30?,34-,39+,46+/m0/s1. The summed E-state index contributed by atoms with van der Waals surface area (Å²) < 4.78 is 24.4. The number of ether oxygens (including phenoxy) is 4. The minimum atomic E-state index is -1.42. The Kier molecular flexibility index (Phi) is 14.5. The summed E-state index contributed by atoms with van der Waals surface area (Å²) in [4.78, 5) is 68.7. The number of carbonyl (C=O) groups excluding carboxylic acids is 3. The van der Waals surface area contributed by atoms with Gasteiger partial charge in [-0.2, -0.15) is 0 Å². The van der Waals surface area contributed by atoms with Crippen LogP contribution in [0.5, 0.6) is 11.5 Å². The minimum Gasteiger partial charge on any atom is -0.491 e. The lowest BCUT2D eigenvalue weighted by molar-refractivity contribution is -0.146. The van der Waals surface area contributed by atoms with E-state index in [0.717, 1.165) is 31.1 Å². The molecule has 8 atom stereocenters. The summed E-state index contributed by atoms with van der Waals surface area (Å²) >= 11 is 8.56. The van der Waals surface area contributed by atoms with Crippen molar-refractivity contribution in [3.8, 4) is 22.9 Å². The molecule has 4 N–H and O–H groups in total. The molecule has 3 amide bonds. The fourth-order valence-electron chi connectivity index (χ4n) is 9.12. The van der Waals surface area contributed by atoms with Crippen LogP contribution in [0.3, 0.4) is 0 Å². The van der Waals surface area contributed by atoms with Crippen LogP contribution in [-0.2, 0) is 23.9 Å². The van der Waals surface area contributed by atoms with Crippen molar-refractivity contribution in [1.29, 1.82) is 0 Å². The number of aromatic nitrogens is 2. The van der Waals surface area contributed by atoms with Gasteiger partial charge in [0, 0.05) is 48.9 Å². The van der Waals surface area contributed by atoms with Crippen LogP contribution in [0, 0.1) is 23.2 Å². The van der Waals surface area contributed by atoms with Gasteiger partial charge in [-0.1, -0.05) is 59.6 Å². The molecule has 3 aromatic rings. The lowest BCUT2D eigenvalue weighted by atomic mass is 9.85. The van der Waals surface area contributed by atoms with E-state index < -0.39 is 53.0 Å². The number of nitrogens with zero attached hydrogens (tertiary/aromatic N) is 4. The number of thiazole rings is 1. The molecule has 2 saturated carbocycles. The van der Waals surface area contributed by atoms with E-state index in [1.165, 1.54) is 16.2 Å². The monoisotopic (exact) mass is 925 g/mol. The van der Waals surface area contributed by atoms with Crippen molar-refractivity contribution in [2.24, 2.45) is 23.2 Å². The highest BCUT2D eigenvalue weighted by atomic mass is 35.5. The Balaban J connectivity index is 1.20. The topological polar surface area (TPSA) is 194 Å². The fourth-order valence-corrected chi connectivity index (χ4v) is 10.2. The predicted molar refractivity (Wildman–Crippen MR) is 245 cm³/mol. The number of hydrogen-bond acceptors (Lipinski definition) is 13. The van der Waals surface area contributed by atoms with Crippen LogP contribution in [0.25, 0.3) is 22.3 Å². The highest BCUT2D eigenvalue weighted by Gasteiger charge is 2.61. The third kappa shape index (κ3) is 10.6. The van der Waals surface area contributed by atoms with Crippen molar-refractivity contribution in [1.82, 2.24) is 30.4 Å². The van der Waals surface area contributed by atoms with Crippen LogP contribution in [0.2, 0.25) is 5.02 Å². The molecule has 0 bridgehead atoms. The lowest BCUT2D eigenvalue weighted by Crippen LogP contribution is -2.59. The summed E-state index contributed by atoms with van der Waals surface area (Å²) in [5.74, 6) is -0.806. The second-order valence-corrected chi connectivity index (χ2v) is 20.6. The maximum absolute atomic E-state index is 14.9. The first-order valence-electron chi connectivity index (χ1n) is 22.6. The van der Waals surface area contributed by atoms with Gasteiger partial charge in [-0.15, -0.1) is 11.3 Å². The number of morpholine rings is 1. The second-order valence-electron chi connectivity index (χ2n) is 19.4. The number of carbonyl (C=O) groups is 4. The van der Waals surface area contributed by atoms with Gasteiger partial charge in [-0.3, -0.25) is 14.5 Å². The van der Waals surface area contributed by atoms with Gasteiger partial charge in [0.15, 0.2) is 5.13 Å². The summed E-state index contributed by atoms with van der Waals surface area (Å²) in [5.41, 5.74) is -0.714. The third-order valence-corrected chi connectivity index (χ3v) is 14.3. The smallest absolute Gasteiger partial charge is 0.408 e. The summed E-state index contributed by atoms with van der Waals surface area (Å²) in [6.07, 6.45) is 0.650. The fraction of sp³-hybridized carbons (Fsp3) is 0.652. The molecule has 3 unspecified atom stereocenters. The molecule has 0 spiro atoms. The van der Waals surface area contributed by atoms with E-state index in [1.807, 2.05) is 53.0 Å². The number of nitrogens with one attached hydrogen (secondary N) is 3. The molecule has 2 aliphatic heterocycles. The van der Waals surface area contributed by atoms with Crippen molar-refractivity contribution in [2.45, 2.75) is 123 Å². The van der Waals surface area contributed by atoms with E-state index in [-0.39, 0.29) is 37.5 Å². The molecule has 2 aliphatic carbocycles. The average Bonchev–Trinajstić information content (AvgIpc) is 3.47. The Labute approximate surface area is 384 Å². The molecule has 2 saturated heterocycles. The van der Waals surface area contributed by atoms with E-state index in [2.05, 4.69) is 34.7 Å². The number of anilines is 1. The van der Waals surface area contributed by atoms with Crippen LogP contribution in [0.15, 0.2) is 23.6 Å². The number of carboxylic acids is 1. The number of fused-ring (bicyclic) bond motifs is 1. The molecule has 2 aromatic heterocycles. The molecule has 4 aliphatic rings. The van der Waals surface area contributed by atoms with Crippen LogP contribution in [0.1, 0.15) is 87.5 Å². The number of carboxylic acid groups (broad SMARTS) is 1. The lowest BCUT2D eigenvalue weighted by Gasteiger charge is -2.35. The Hall–Kier alpha value is -4.45. The summed E-state index contributed by atoms with van der Waals surface area (Å²) in [6.45, 7) is 19.8. The zero-order valence-electron chi connectivity index (χ0n) is 38.2. The Morgan fingerprint density at radius 2 is 1.75 bits per heavy atom. The molecular formula is C46H64ClN7O9S. The molecule has 7 rings (SSSR count). The average molecular weight is 927 g/mol. The quantitative estimate of drug-likeness (QED) is 0.117. The first kappa shape index (κ1) is 47.5. The number of halogens is 1. The number of alkyl carbamates (subject to hydrolysis) is 1. The van der Waals surface area contributed by atoms with Crippen molar-refractivity contribution < 1.29 is 43.2 Å². The third-order valence-electron chi connectivity index (χ3n) is 13.2. The highest BCUT2D eigenvalue weighted by Crippen LogP contribution is 2.47. The molecule has 18 heteroatoms. The van der Waals surface area contributed by atoms with Gasteiger partial charge in [-0.05, 0) is 68.4 Å². The molecule has 64 heavy (non-hydrogen) atoms. The molecule has 4 heterocycles. The van der Waals surface area contributed by atoms with Gasteiger partial charge >= 0.3 is 12.1 Å². The van der Waals surface area contributed by atoms with Gasteiger partial charge < -0.3 is 44.9 Å². The van der Waals surface area contributed by atoms with Crippen LogP contribution in [0.4, 0.5) is 9.93 Å². The highest BCUT2D eigenvalue weighted by molar-refractivity contribution is 7.14. The van der Waals surface area contributed by atoms with E-state index in [0.29, 0.717) is 83.4 Å². The van der Waals surface area contributed by atoms with Gasteiger partial charge in [0.1, 0.15) is 58.7 Å². The zero-order chi connectivity index (χ0) is 46.1. The van der Waals surface area contributed by atoms with Gasteiger partial charge in [-0.25, -0.2) is 19.6 Å². The largest absolute Gasteiger partial charge is 0.491 e. The first-order valence-corrected chi connectivity index (χ1v) is 23.9. The van der Waals surface area contributed by atoms with Crippen molar-refractivity contribution in [3.63, 3.8) is 0 Å². The molecule has 350 valence electrons. The SMILES string of the molecule is CCC1C[C@]1(NC(=O)[C@@H]1CC(Oc2cc(-c3csc(NC(C)C)n3)nc3c(Cl)c(OCCN4CCOCC4)ccc23)CN1C(=O)[C@@H](NC(=O)OC1C[C@@H](C)[C@@H](C)C1)C(C)(C)C)C(=O)O. The van der Waals surface area contributed by atoms with E-state index >= 15 is 0 Å². The van der Waals surface area contributed by atoms with Gasteiger partial charge in [0.05, 0.1) is 31.0 Å². The zero-order valence-corrected chi connectivity index (χ0v) is 39.8. The maximum atomic E-state index is 14.9. The number of benzene rings is 1. The van der Waals surface area contributed by atoms with Crippen molar-refractivity contribution in [2.75, 3.05) is 51.3 Å². The molecule has 16 nitrogen and oxygen atoms in total. The van der Waals surface area contributed by atoms with Crippen LogP contribution < -0.4 is 25.4 Å². The Morgan fingerprint density at radius 3 is 2.39 bits per heavy atom. The normalized spacial score (nSPS) is 26.4. The number of rotatable bonds is 16. The number of aliphatic carboxylic acids is 1. The Bertz CT molecular complexity index is 2190. The van der Waals surface area contributed by atoms with E-state index in [4.69, 9.17) is 40.5 Å². The molecule has 0 radical (unpaired) electrons.